The molecule has 0 spiro atoms. The van der Waals surface area contributed by atoms with Crippen molar-refractivity contribution in [3.63, 3.8) is 0 Å². The molecule has 2 rings (SSSR count). The minimum Gasteiger partial charge on any atom is -0.326 e. The summed E-state index contributed by atoms with van der Waals surface area (Å²) in [6.07, 6.45) is 0.555. The van der Waals surface area contributed by atoms with Crippen LogP contribution in [0.5, 0.6) is 0 Å². The maximum atomic E-state index is 11.8. The summed E-state index contributed by atoms with van der Waals surface area (Å²) >= 11 is 0. The number of piperazine rings is 1. The predicted octanol–water partition coefficient (Wildman–Crippen LogP) is 1.31. The molecule has 0 aliphatic carbocycles. The topological polar surface area (TPSA) is 44.4 Å². The number of nitrogens with zero attached hydrogens (tertiary/aromatic N) is 1. The molecule has 0 bridgehead atoms. The Kier molecular flexibility index (Phi) is 4.73. The van der Waals surface area contributed by atoms with E-state index in [0.29, 0.717) is 12.5 Å². The molecule has 0 radical (unpaired) electrons. The minimum atomic E-state index is 0.0898. The molecule has 1 atom stereocenters. The lowest BCUT2D eigenvalue weighted by atomic mass is 10.2. The van der Waals surface area contributed by atoms with E-state index in [9.17, 15) is 4.79 Å². The highest BCUT2D eigenvalue weighted by molar-refractivity contribution is 5.90. The van der Waals surface area contributed by atoms with Crippen LogP contribution in [0, 0.1) is 0 Å². The Morgan fingerprint density at radius 2 is 2.22 bits per heavy atom. The van der Waals surface area contributed by atoms with Gasteiger partial charge in [-0.3, -0.25) is 9.69 Å². The number of nitrogens with one attached hydrogen (secondary N) is 2. The van der Waals surface area contributed by atoms with Gasteiger partial charge in [-0.15, -0.1) is 0 Å². The van der Waals surface area contributed by atoms with Crippen molar-refractivity contribution in [1.82, 2.24) is 10.2 Å². The smallest absolute Gasteiger partial charge is 0.225 e. The summed E-state index contributed by atoms with van der Waals surface area (Å²) in [5.74, 6) is 0.0898. The van der Waals surface area contributed by atoms with Crippen LogP contribution in [0.4, 0.5) is 5.69 Å². The van der Waals surface area contributed by atoms with Gasteiger partial charge < -0.3 is 10.6 Å². The second-order valence-corrected chi connectivity index (χ2v) is 4.75. The molecule has 0 saturated carbocycles. The van der Waals surface area contributed by atoms with Gasteiger partial charge in [0, 0.05) is 44.3 Å². The minimum absolute atomic E-state index is 0.0898. The summed E-state index contributed by atoms with van der Waals surface area (Å²) in [5, 5.41) is 6.26. The van der Waals surface area contributed by atoms with Crippen molar-refractivity contribution in [1.29, 1.82) is 0 Å². The van der Waals surface area contributed by atoms with Crippen molar-refractivity contribution in [2.45, 2.75) is 19.4 Å². The van der Waals surface area contributed by atoms with E-state index in [2.05, 4.69) is 22.5 Å². The number of para-hydroxylation sites is 1. The Hall–Kier alpha value is -1.39. The first kappa shape index (κ1) is 13.1. The second kappa shape index (κ2) is 6.52. The third-order valence-electron chi connectivity index (χ3n) is 3.32. The first-order valence-electron chi connectivity index (χ1n) is 6.55. The van der Waals surface area contributed by atoms with Gasteiger partial charge in [0.15, 0.2) is 0 Å². The zero-order valence-corrected chi connectivity index (χ0v) is 10.9. The van der Waals surface area contributed by atoms with Crippen LogP contribution in [-0.4, -0.2) is 43.0 Å². The van der Waals surface area contributed by atoms with E-state index in [1.165, 1.54) is 0 Å². The third-order valence-corrected chi connectivity index (χ3v) is 3.32. The molecule has 2 N–H and O–H groups in total. The van der Waals surface area contributed by atoms with Gasteiger partial charge in [-0.2, -0.15) is 0 Å². The second-order valence-electron chi connectivity index (χ2n) is 4.75. The molecule has 1 heterocycles. The molecule has 18 heavy (non-hydrogen) atoms. The first-order chi connectivity index (χ1) is 8.75. The van der Waals surface area contributed by atoms with Gasteiger partial charge in [0.25, 0.3) is 0 Å². The summed E-state index contributed by atoms with van der Waals surface area (Å²) in [4.78, 5) is 14.2. The Morgan fingerprint density at radius 1 is 1.44 bits per heavy atom. The summed E-state index contributed by atoms with van der Waals surface area (Å²) in [6, 6.07) is 10.1. The number of hydrogen-bond donors (Lipinski definition) is 2. The van der Waals surface area contributed by atoms with Gasteiger partial charge in [0.1, 0.15) is 0 Å². The highest BCUT2D eigenvalue weighted by Gasteiger charge is 2.18. The van der Waals surface area contributed by atoms with E-state index in [1.54, 1.807) is 0 Å². The summed E-state index contributed by atoms with van der Waals surface area (Å²) in [6.45, 7) is 6.09. The number of benzene rings is 1. The maximum absolute atomic E-state index is 11.8. The molecule has 1 aliphatic rings. The highest BCUT2D eigenvalue weighted by Crippen LogP contribution is 2.07. The number of anilines is 1. The van der Waals surface area contributed by atoms with Gasteiger partial charge in [-0.25, -0.2) is 0 Å². The normalized spacial score (nSPS) is 20.6. The standard InChI is InChI=1S/C14H21N3O/c1-12-11-15-8-10-17(12)9-7-14(18)16-13-5-3-2-4-6-13/h2-6,12,15H,7-11H2,1H3,(H,16,18)/t12-/m0/s1. The van der Waals surface area contributed by atoms with Crippen LogP contribution in [0.3, 0.4) is 0 Å². The number of rotatable bonds is 4. The SMILES string of the molecule is C[C@H]1CNCCN1CCC(=O)Nc1ccccc1. The number of hydrogen-bond acceptors (Lipinski definition) is 3. The molecule has 1 fully saturated rings. The van der Waals surface area contributed by atoms with Crippen molar-refractivity contribution in [3.8, 4) is 0 Å². The molecule has 1 aromatic rings. The average molecular weight is 247 g/mol. The van der Waals surface area contributed by atoms with Crippen LogP contribution in [-0.2, 0) is 4.79 Å². The van der Waals surface area contributed by atoms with E-state index >= 15 is 0 Å². The lowest BCUT2D eigenvalue weighted by Crippen LogP contribution is -2.50. The number of amides is 1. The Bertz CT molecular complexity index is 380. The highest BCUT2D eigenvalue weighted by atomic mass is 16.1. The first-order valence-corrected chi connectivity index (χ1v) is 6.55. The fraction of sp³-hybridized carbons (Fsp3) is 0.500. The number of carbonyl (C=O) groups is 1. The van der Waals surface area contributed by atoms with E-state index in [1.807, 2.05) is 30.3 Å². The Morgan fingerprint density at radius 3 is 2.94 bits per heavy atom. The van der Waals surface area contributed by atoms with Gasteiger partial charge in [-0.05, 0) is 19.1 Å². The number of carbonyl (C=O) groups excluding carboxylic acids is 1. The van der Waals surface area contributed by atoms with E-state index in [-0.39, 0.29) is 5.91 Å². The molecule has 4 nitrogen and oxygen atoms in total. The van der Waals surface area contributed by atoms with E-state index < -0.39 is 0 Å². The summed E-state index contributed by atoms with van der Waals surface area (Å²) < 4.78 is 0. The predicted molar refractivity (Wildman–Crippen MR) is 73.6 cm³/mol. The summed E-state index contributed by atoms with van der Waals surface area (Å²) in [7, 11) is 0. The van der Waals surface area contributed by atoms with Gasteiger partial charge in [0.2, 0.25) is 5.91 Å². The van der Waals surface area contributed by atoms with Crippen molar-refractivity contribution >= 4 is 11.6 Å². The maximum Gasteiger partial charge on any atom is 0.225 e. The van der Waals surface area contributed by atoms with Crippen LogP contribution in [0.25, 0.3) is 0 Å². The molecule has 1 aromatic carbocycles. The van der Waals surface area contributed by atoms with Crippen LogP contribution in [0.1, 0.15) is 13.3 Å². The molecule has 1 saturated heterocycles. The van der Waals surface area contributed by atoms with Crippen molar-refractivity contribution in [3.05, 3.63) is 30.3 Å². The quantitative estimate of drug-likeness (QED) is 0.843. The zero-order valence-electron chi connectivity index (χ0n) is 10.9. The fourth-order valence-corrected chi connectivity index (χ4v) is 2.21. The molecule has 0 unspecified atom stereocenters. The molecule has 1 aliphatic heterocycles. The van der Waals surface area contributed by atoms with Crippen LogP contribution in [0.15, 0.2) is 30.3 Å². The lowest BCUT2D eigenvalue weighted by molar-refractivity contribution is -0.116. The van der Waals surface area contributed by atoms with Crippen molar-refractivity contribution < 1.29 is 4.79 Å². The molecule has 4 heteroatoms. The van der Waals surface area contributed by atoms with E-state index in [4.69, 9.17) is 0 Å². The monoisotopic (exact) mass is 247 g/mol. The molecule has 98 valence electrons. The summed E-state index contributed by atoms with van der Waals surface area (Å²) in [5.41, 5.74) is 0.871. The molecular weight excluding hydrogens is 226 g/mol. The molecule has 0 aromatic heterocycles. The van der Waals surface area contributed by atoms with Gasteiger partial charge in [-0.1, -0.05) is 18.2 Å². The third kappa shape index (κ3) is 3.82. The lowest BCUT2D eigenvalue weighted by Gasteiger charge is -2.33. The molecule has 1 amide bonds. The van der Waals surface area contributed by atoms with Gasteiger partial charge >= 0.3 is 0 Å². The largest absolute Gasteiger partial charge is 0.326 e. The zero-order chi connectivity index (χ0) is 12.8. The Labute approximate surface area is 108 Å². The average Bonchev–Trinajstić information content (AvgIpc) is 2.39. The van der Waals surface area contributed by atoms with E-state index in [0.717, 1.165) is 31.9 Å². The van der Waals surface area contributed by atoms with Crippen LogP contribution in [0.2, 0.25) is 0 Å². The van der Waals surface area contributed by atoms with Crippen LogP contribution >= 0.6 is 0 Å². The fourth-order valence-electron chi connectivity index (χ4n) is 2.21. The van der Waals surface area contributed by atoms with Crippen molar-refractivity contribution in [2.75, 3.05) is 31.5 Å². The van der Waals surface area contributed by atoms with Crippen LogP contribution < -0.4 is 10.6 Å². The van der Waals surface area contributed by atoms with Gasteiger partial charge in [0.05, 0.1) is 0 Å². The molecular formula is C14H21N3O. The van der Waals surface area contributed by atoms with Crippen molar-refractivity contribution in [2.24, 2.45) is 0 Å². The Balaban J connectivity index is 1.74.